The maximum atomic E-state index is 13.0. The van der Waals surface area contributed by atoms with Crippen LogP contribution in [0.1, 0.15) is 25.5 Å². The van der Waals surface area contributed by atoms with E-state index < -0.39 is 0 Å². The summed E-state index contributed by atoms with van der Waals surface area (Å²) in [7, 11) is 0. The van der Waals surface area contributed by atoms with Gasteiger partial charge in [0.2, 0.25) is 0 Å². The molecule has 3 rings (SSSR count). The van der Waals surface area contributed by atoms with Gasteiger partial charge in [-0.3, -0.25) is 0 Å². The van der Waals surface area contributed by atoms with E-state index >= 15 is 0 Å². The van der Waals surface area contributed by atoms with Crippen LogP contribution in [0.4, 0.5) is 4.39 Å². The average Bonchev–Trinajstić information content (AvgIpc) is 2.98. The lowest BCUT2D eigenvalue weighted by Gasteiger charge is -2.02. The molecule has 0 aliphatic rings. The summed E-state index contributed by atoms with van der Waals surface area (Å²) < 4.78 is 13.0. The van der Waals surface area contributed by atoms with Crippen LogP contribution in [0.5, 0.6) is 0 Å². The monoisotopic (exact) mass is 298 g/mol. The molecule has 2 aromatic heterocycles. The van der Waals surface area contributed by atoms with Crippen LogP contribution in [0.25, 0.3) is 22.1 Å². The molecule has 0 fully saturated rings. The molecule has 0 N–H and O–H groups in total. The highest BCUT2D eigenvalue weighted by Gasteiger charge is 2.11. The van der Waals surface area contributed by atoms with Crippen molar-refractivity contribution in [1.29, 1.82) is 0 Å². The first-order valence-electron chi connectivity index (χ1n) is 6.60. The number of rotatable bonds is 3. The Hall–Kier alpha value is -2.14. The lowest BCUT2D eigenvalue weighted by molar-refractivity contribution is 0.628. The van der Waals surface area contributed by atoms with Gasteiger partial charge in [0.25, 0.3) is 0 Å². The zero-order valence-corrected chi connectivity index (χ0v) is 12.5. The van der Waals surface area contributed by atoms with Crippen LogP contribution < -0.4 is 0 Å². The summed E-state index contributed by atoms with van der Waals surface area (Å²) in [6.07, 6.45) is 2.84. The van der Waals surface area contributed by atoms with Crippen molar-refractivity contribution in [2.45, 2.75) is 19.8 Å². The van der Waals surface area contributed by atoms with Crippen LogP contribution in [0.15, 0.2) is 35.7 Å². The van der Waals surface area contributed by atoms with Gasteiger partial charge in [0, 0.05) is 10.9 Å². The van der Waals surface area contributed by atoms with Crippen LogP contribution in [0.3, 0.4) is 0 Å². The van der Waals surface area contributed by atoms with Crippen molar-refractivity contribution in [1.82, 2.24) is 15.0 Å². The van der Waals surface area contributed by atoms with Crippen molar-refractivity contribution < 1.29 is 4.39 Å². The van der Waals surface area contributed by atoms with E-state index in [0.29, 0.717) is 17.4 Å². The third-order valence-corrected chi connectivity index (χ3v) is 3.90. The van der Waals surface area contributed by atoms with Crippen LogP contribution in [0, 0.1) is 12.0 Å². The summed E-state index contributed by atoms with van der Waals surface area (Å²) in [5.41, 5.74) is 2.57. The molecule has 0 amide bonds. The van der Waals surface area contributed by atoms with Gasteiger partial charge in [-0.05, 0) is 36.2 Å². The molecule has 0 unspecified atom stereocenters. The molecule has 5 heteroatoms. The van der Waals surface area contributed by atoms with Gasteiger partial charge < -0.3 is 0 Å². The summed E-state index contributed by atoms with van der Waals surface area (Å²) in [6, 6.07) is 7.90. The van der Waals surface area contributed by atoms with Gasteiger partial charge in [0.15, 0.2) is 10.8 Å². The van der Waals surface area contributed by atoms with Crippen molar-refractivity contribution in [2.75, 3.05) is 0 Å². The van der Waals surface area contributed by atoms with Crippen LogP contribution >= 0.6 is 11.3 Å². The SMILES string of the molecule is CC(C)c1csc(-c2n[c]cc(-c3ccc(F)cc3)n2)n1. The van der Waals surface area contributed by atoms with E-state index in [9.17, 15) is 4.39 Å². The van der Waals surface area contributed by atoms with Gasteiger partial charge in [0.05, 0.1) is 17.6 Å². The first kappa shape index (κ1) is 13.8. The lowest BCUT2D eigenvalue weighted by atomic mass is 10.1. The Morgan fingerprint density at radius 2 is 1.90 bits per heavy atom. The molecule has 0 aliphatic carbocycles. The van der Waals surface area contributed by atoms with Crippen LogP contribution in [0.2, 0.25) is 0 Å². The first-order valence-corrected chi connectivity index (χ1v) is 7.48. The van der Waals surface area contributed by atoms with Crippen molar-refractivity contribution in [2.24, 2.45) is 0 Å². The highest BCUT2D eigenvalue weighted by molar-refractivity contribution is 7.13. The smallest absolute Gasteiger partial charge is 0.189 e. The van der Waals surface area contributed by atoms with Crippen molar-refractivity contribution in [3.8, 4) is 22.1 Å². The second-order valence-corrected chi connectivity index (χ2v) is 5.80. The highest BCUT2D eigenvalue weighted by atomic mass is 32.1. The first-order chi connectivity index (χ1) is 10.1. The summed E-state index contributed by atoms with van der Waals surface area (Å²) >= 11 is 1.52. The minimum absolute atomic E-state index is 0.265. The lowest BCUT2D eigenvalue weighted by Crippen LogP contribution is -1.93. The average molecular weight is 298 g/mol. The molecule has 0 saturated carbocycles. The van der Waals surface area contributed by atoms with E-state index in [1.54, 1.807) is 18.2 Å². The minimum Gasteiger partial charge on any atom is -0.237 e. The summed E-state index contributed by atoms with van der Waals surface area (Å²) in [5, 5.41) is 2.80. The molecule has 0 saturated heterocycles. The maximum Gasteiger partial charge on any atom is 0.189 e. The largest absolute Gasteiger partial charge is 0.237 e. The normalized spacial score (nSPS) is 11.0. The van der Waals surface area contributed by atoms with E-state index in [1.165, 1.54) is 23.5 Å². The van der Waals surface area contributed by atoms with Crippen LogP contribution in [-0.4, -0.2) is 15.0 Å². The summed E-state index contributed by atoms with van der Waals surface area (Å²) in [4.78, 5) is 13.2. The summed E-state index contributed by atoms with van der Waals surface area (Å²) in [6.45, 7) is 4.20. The van der Waals surface area contributed by atoms with E-state index in [1.807, 2.05) is 5.38 Å². The Bertz CT molecular complexity index is 750. The van der Waals surface area contributed by atoms with Crippen molar-refractivity contribution >= 4 is 11.3 Å². The molecule has 0 atom stereocenters. The number of nitrogens with zero attached hydrogens (tertiary/aromatic N) is 3. The highest BCUT2D eigenvalue weighted by Crippen LogP contribution is 2.26. The Balaban J connectivity index is 1.97. The fourth-order valence-electron chi connectivity index (χ4n) is 1.84. The number of hydrogen-bond acceptors (Lipinski definition) is 4. The molecular weight excluding hydrogens is 285 g/mol. The van der Waals surface area contributed by atoms with Crippen molar-refractivity contribution in [3.63, 3.8) is 0 Å². The number of halogens is 1. The molecule has 3 nitrogen and oxygen atoms in total. The molecule has 1 aromatic carbocycles. The fraction of sp³-hybridized carbons (Fsp3) is 0.188. The van der Waals surface area contributed by atoms with E-state index in [2.05, 4.69) is 35.0 Å². The van der Waals surface area contributed by atoms with Crippen LogP contribution in [-0.2, 0) is 0 Å². The molecule has 0 bridgehead atoms. The number of aromatic nitrogens is 3. The molecule has 3 aromatic rings. The topological polar surface area (TPSA) is 38.7 Å². The second-order valence-electron chi connectivity index (χ2n) is 4.95. The fourth-order valence-corrected chi connectivity index (χ4v) is 2.76. The minimum atomic E-state index is -0.265. The van der Waals surface area contributed by atoms with Gasteiger partial charge in [-0.1, -0.05) is 13.8 Å². The second kappa shape index (κ2) is 5.69. The van der Waals surface area contributed by atoms with Gasteiger partial charge >= 0.3 is 0 Å². The predicted octanol–water partition coefficient (Wildman–Crippen LogP) is 4.33. The molecule has 1 radical (unpaired) electrons. The zero-order chi connectivity index (χ0) is 14.8. The Labute approximate surface area is 126 Å². The van der Waals surface area contributed by atoms with Crippen molar-refractivity contribution in [3.05, 3.63) is 53.4 Å². The number of hydrogen-bond donors (Lipinski definition) is 0. The molecule has 2 heterocycles. The Kier molecular flexibility index (Phi) is 3.75. The van der Waals surface area contributed by atoms with Gasteiger partial charge in [-0.15, -0.1) is 11.3 Å². The van der Waals surface area contributed by atoms with E-state index in [0.717, 1.165) is 16.3 Å². The zero-order valence-electron chi connectivity index (χ0n) is 11.7. The Morgan fingerprint density at radius 1 is 1.14 bits per heavy atom. The quantitative estimate of drug-likeness (QED) is 0.722. The molecule has 0 aliphatic heterocycles. The molecule has 105 valence electrons. The predicted molar refractivity (Wildman–Crippen MR) is 81.5 cm³/mol. The standard InChI is InChI=1S/C16H13FN3S/c1-10(2)14-9-21-16(20-14)15-18-8-7-13(19-15)11-3-5-12(17)6-4-11/h3-7,9-10H,1-2H3. The van der Waals surface area contributed by atoms with E-state index in [-0.39, 0.29) is 5.82 Å². The Morgan fingerprint density at radius 3 is 2.57 bits per heavy atom. The maximum absolute atomic E-state index is 13.0. The number of benzene rings is 1. The van der Waals surface area contributed by atoms with Gasteiger partial charge in [-0.25, -0.2) is 19.3 Å². The van der Waals surface area contributed by atoms with Gasteiger partial charge in [-0.2, -0.15) is 0 Å². The van der Waals surface area contributed by atoms with Gasteiger partial charge in [0.1, 0.15) is 5.82 Å². The van der Waals surface area contributed by atoms with E-state index in [4.69, 9.17) is 0 Å². The molecular formula is C16H13FN3S. The molecule has 0 spiro atoms. The summed E-state index contributed by atoms with van der Waals surface area (Å²) in [5.74, 6) is 0.659. The number of thiazole rings is 1. The third kappa shape index (κ3) is 2.97. The molecule has 21 heavy (non-hydrogen) atoms. The third-order valence-electron chi connectivity index (χ3n) is 3.04.